The molecule has 0 saturated carbocycles. The average Bonchev–Trinajstić information content (AvgIpc) is 2.77. The van der Waals surface area contributed by atoms with Gasteiger partial charge in [-0.25, -0.2) is 0 Å². The number of nitrogens with one attached hydrogen (secondary N) is 1. The van der Waals surface area contributed by atoms with Crippen LogP contribution in [0.3, 0.4) is 0 Å². The lowest BCUT2D eigenvalue weighted by atomic mass is 10.0. The summed E-state index contributed by atoms with van der Waals surface area (Å²) in [6, 6.07) is 5.87. The first-order valence-corrected chi connectivity index (χ1v) is 6.89. The SMILES string of the molecule is Cc1nn(C)cc1CNCC(CO)Cc1ccccn1. The van der Waals surface area contributed by atoms with Gasteiger partial charge in [0.15, 0.2) is 0 Å². The van der Waals surface area contributed by atoms with Gasteiger partial charge in [-0.1, -0.05) is 6.07 Å². The second kappa shape index (κ2) is 7.17. The first kappa shape index (κ1) is 14.7. The summed E-state index contributed by atoms with van der Waals surface area (Å²) in [6.45, 7) is 3.71. The van der Waals surface area contributed by atoms with Gasteiger partial charge in [0.25, 0.3) is 0 Å². The van der Waals surface area contributed by atoms with Crippen molar-refractivity contribution in [3.8, 4) is 0 Å². The smallest absolute Gasteiger partial charge is 0.0638 e. The van der Waals surface area contributed by atoms with E-state index in [1.807, 2.05) is 43.0 Å². The molecule has 2 aromatic heterocycles. The van der Waals surface area contributed by atoms with Crippen LogP contribution in [0.25, 0.3) is 0 Å². The predicted molar refractivity (Wildman–Crippen MR) is 78.2 cm³/mol. The van der Waals surface area contributed by atoms with Crippen LogP contribution in [-0.4, -0.2) is 33.0 Å². The first-order chi connectivity index (χ1) is 9.69. The summed E-state index contributed by atoms with van der Waals surface area (Å²) in [5, 5.41) is 17.2. The van der Waals surface area contributed by atoms with E-state index in [1.165, 1.54) is 5.56 Å². The third-order valence-electron chi connectivity index (χ3n) is 3.35. The van der Waals surface area contributed by atoms with E-state index < -0.39 is 0 Å². The van der Waals surface area contributed by atoms with Crippen LogP contribution >= 0.6 is 0 Å². The molecule has 0 saturated heterocycles. The maximum Gasteiger partial charge on any atom is 0.0638 e. The van der Waals surface area contributed by atoms with Crippen LogP contribution < -0.4 is 5.32 Å². The van der Waals surface area contributed by atoms with Gasteiger partial charge in [-0.2, -0.15) is 5.10 Å². The van der Waals surface area contributed by atoms with Gasteiger partial charge in [-0.15, -0.1) is 0 Å². The minimum atomic E-state index is 0.162. The first-order valence-electron chi connectivity index (χ1n) is 6.89. The Kier molecular flexibility index (Phi) is 5.26. The van der Waals surface area contributed by atoms with Crippen LogP contribution in [0.2, 0.25) is 0 Å². The lowest BCUT2D eigenvalue weighted by Crippen LogP contribution is -2.26. The molecule has 20 heavy (non-hydrogen) atoms. The van der Waals surface area contributed by atoms with Gasteiger partial charge in [0.2, 0.25) is 0 Å². The van der Waals surface area contributed by atoms with Gasteiger partial charge in [0.05, 0.1) is 5.69 Å². The normalized spacial score (nSPS) is 12.6. The number of pyridine rings is 1. The lowest BCUT2D eigenvalue weighted by Gasteiger charge is -2.14. The van der Waals surface area contributed by atoms with E-state index >= 15 is 0 Å². The molecule has 0 aliphatic rings. The molecule has 0 bridgehead atoms. The molecule has 0 fully saturated rings. The molecule has 0 aliphatic carbocycles. The third-order valence-corrected chi connectivity index (χ3v) is 3.35. The zero-order chi connectivity index (χ0) is 14.4. The third kappa shape index (κ3) is 4.15. The molecular formula is C15H22N4O. The van der Waals surface area contributed by atoms with Gasteiger partial charge < -0.3 is 10.4 Å². The van der Waals surface area contributed by atoms with Crippen molar-refractivity contribution in [2.45, 2.75) is 19.9 Å². The number of hydrogen-bond donors (Lipinski definition) is 2. The number of rotatable bonds is 7. The molecule has 0 radical (unpaired) electrons. The molecule has 1 atom stereocenters. The monoisotopic (exact) mass is 274 g/mol. The molecule has 2 heterocycles. The van der Waals surface area contributed by atoms with Gasteiger partial charge >= 0.3 is 0 Å². The van der Waals surface area contributed by atoms with Gasteiger partial charge in [0.1, 0.15) is 0 Å². The predicted octanol–water partition coefficient (Wildman–Crippen LogP) is 1.06. The van der Waals surface area contributed by atoms with Crippen molar-refractivity contribution in [2.75, 3.05) is 13.2 Å². The quantitative estimate of drug-likeness (QED) is 0.792. The molecule has 1 unspecified atom stereocenters. The largest absolute Gasteiger partial charge is 0.396 e. The summed E-state index contributed by atoms with van der Waals surface area (Å²) in [7, 11) is 1.92. The maximum atomic E-state index is 9.46. The Hall–Kier alpha value is -1.72. The van der Waals surface area contributed by atoms with E-state index in [0.29, 0.717) is 0 Å². The Balaban J connectivity index is 1.81. The van der Waals surface area contributed by atoms with Gasteiger partial charge in [0, 0.05) is 50.4 Å². The highest BCUT2D eigenvalue weighted by Crippen LogP contribution is 2.07. The fraction of sp³-hybridized carbons (Fsp3) is 0.467. The van der Waals surface area contributed by atoms with Gasteiger partial charge in [-0.3, -0.25) is 9.67 Å². The number of aromatic nitrogens is 3. The standard InChI is InChI=1S/C15H22N4O/c1-12-14(10-19(2)18-12)9-16-8-13(11-20)7-15-5-3-4-6-17-15/h3-6,10,13,16,20H,7-9,11H2,1-2H3. The van der Waals surface area contributed by atoms with E-state index in [-0.39, 0.29) is 12.5 Å². The fourth-order valence-electron chi connectivity index (χ4n) is 2.25. The minimum absolute atomic E-state index is 0.162. The van der Waals surface area contributed by atoms with E-state index in [9.17, 15) is 5.11 Å². The van der Waals surface area contributed by atoms with E-state index in [1.54, 1.807) is 6.20 Å². The van der Waals surface area contributed by atoms with E-state index in [4.69, 9.17) is 0 Å². The highest BCUT2D eigenvalue weighted by Gasteiger charge is 2.10. The van der Waals surface area contributed by atoms with E-state index in [2.05, 4.69) is 15.4 Å². The fourth-order valence-corrected chi connectivity index (χ4v) is 2.25. The van der Waals surface area contributed by atoms with Crippen molar-refractivity contribution in [2.24, 2.45) is 13.0 Å². The second-order valence-electron chi connectivity index (χ2n) is 5.12. The molecule has 0 aromatic carbocycles. The van der Waals surface area contributed by atoms with Crippen LogP contribution in [0.15, 0.2) is 30.6 Å². The molecular weight excluding hydrogens is 252 g/mol. The maximum absolute atomic E-state index is 9.46. The summed E-state index contributed by atoms with van der Waals surface area (Å²) >= 11 is 0. The van der Waals surface area contributed by atoms with Crippen LogP contribution in [0.4, 0.5) is 0 Å². The molecule has 108 valence electrons. The Morgan fingerprint density at radius 2 is 2.25 bits per heavy atom. The number of nitrogens with zero attached hydrogens (tertiary/aromatic N) is 3. The average molecular weight is 274 g/mol. The van der Waals surface area contributed by atoms with Crippen molar-refractivity contribution in [1.29, 1.82) is 0 Å². The second-order valence-corrected chi connectivity index (χ2v) is 5.12. The van der Waals surface area contributed by atoms with Crippen molar-refractivity contribution in [3.63, 3.8) is 0 Å². The minimum Gasteiger partial charge on any atom is -0.396 e. The summed E-state index contributed by atoms with van der Waals surface area (Å²) in [5.74, 6) is 0.182. The topological polar surface area (TPSA) is 63.0 Å². The zero-order valence-electron chi connectivity index (χ0n) is 12.1. The summed E-state index contributed by atoms with van der Waals surface area (Å²) in [4.78, 5) is 4.30. The Bertz CT molecular complexity index is 524. The molecule has 0 spiro atoms. The molecule has 2 aromatic rings. The summed E-state index contributed by atoms with van der Waals surface area (Å²) in [5.41, 5.74) is 3.26. The van der Waals surface area contributed by atoms with Crippen LogP contribution in [-0.2, 0) is 20.0 Å². The van der Waals surface area contributed by atoms with E-state index in [0.717, 1.165) is 30.9 Å². The highest BCUT2D eigenvalue weighted by molar-refractivity contribution is 5.14. The number of hydrogen-bond acceptors (Lipinski definition) is 4. The Morgan fingerprint density at radius 3 is 2.85 bits per heavy atom. The summed E-state index contributed by atoms with van der Waals surface area (Å²) < 4.78 is 1.82. The molecule has 5 heteroatoms. The molecule has 0 amide bonds. The lowest BCUT2D eigenvalue weighted by molar-refractivity contribution is 0.220. The number of aryl methyl sites for hydroxylation is 2. The van der Waals surface area contributed by atoms with Crippen LogP contribution in [0.5, 0.6) is 0 Å². The number of aliphatic hydroxyl groups is 1. The molecule has 5 nitrogen and oxygen atoms in total. The molecule has 2 rings (SSSR count). The van der Waals surface area contributed by atoms with Crippen LogP contribution in [0, 0.1) is 12.8 Å². The Labute approximate surface area is 119 Å². The summed E-state index contributed by atoms with van der Waals surface area (Å²) in [6.07, 6.45) is 4.60. The molecule has 2 N–H and O–H groups in total. The van der Waals surface area contributed by atoms with Crippen molar-refractivity contribution in [3.05, 3.63) is 47.5 Å². The highest BCUT2D eigenvalue weighted by atomic mass is 16.3. The zero-order valence-corrected chi connectivity index (χ0v) is 12.1. The van der Waals surface area contributed by atoms with Crippen molar-refractivity contribution in [1.82, 2.24) is 20.1 Å². The molecule has 0 aliphatic heterocycles. The Morgan fingerprint density at radius 1 is 1.40 bits per heavy atom. The van der Waals surface area contributed by atoms with Gasteiger partial charge in [-0.05, 0) is 31.4 Å². The van der Waals surface area contributed by atoms with Crippen LogP contribution in [0.1, 0.15) is 17.0 Å². The van der Waals surface area contributed by atoms with Crippen molar-refractivity contribution < 1.29 is 5.11 Å². The number of aliphatic hydroxyl groups excluding tert-OH is 1. The van der Waals surface area contributed by atoms with Crippen molar-refractivity contribution >= 4 is 0 Å².